The number of amides is 1. The molecule has 10 heteroatoms. The molecule has 0 aliphatic rings. The fourth-order valence-corrected chi connectivity index (χ4v) is 2.82. The molecule has 0 bridgehead atoms. The molecule has 0 saturated carbocycles. The van der Waals surface area contributed by atoms with Gasteiger partial charge in [-0.25, -0.2) is 22.0 Å². The molecule has 3 N–H and O–H groups in total. The number of carbonyl (C=O) groups is 1. The van der Waals surface area contributed by atoms with Crippen LogP contribution in [0.15, 0.2) is 27.6 Å². The zero-order chi connectivity index (χ0) is 15.7. The van der Waals surface area contributed by atoms with Crippen LogP contribution < -0.4 is 10.5 Å². The van der Waals surface area contributed by atoms with E-state index in [0.717, 1.165) is 6.26 Å². The number of sulfone groups is 1. The van der Waals surface area contributed by atoms with Gasteiger partial charge < -0.3 is 5.32 Å². The quantitative estimate of drug-likeness (QED) is 0.780. The van der Waals surface area contributed by atoms with Gasteiger partial charge in [-0.2, -0.15) is 0 Å². The Hall–Kier alpha value is -0.970. The minimum absolute atomic E-state index is 0.126. The van der Waals surface area contributed by atoms with E-state index in [0.29, 0.717) is 0 Å². The highest BCUT2D eigenvalue weighted by atomic mass is 79.9. The number of anilines is 1. The van der Waals surface area contributed by atoms with Crippen LogP contribution in [0.5, 0.6) is 0 Å². The highest BCUT2D eigenvalue weighted by molar-refractivity contribution is 9.10. The molecule has 1 aromatic carbocycles. The van der Waals surface area contributed by atoms with E-state index in [1.807, 2.05) is 0 Å². The lowest BCUT2D eigenvalue weighted by atomic mass is 10.3. The van der Waals surface area contributed by atoms with Gasteiger partial charge in [0.25, 0.3) is 0 Å². The maximum absolute atomic E-state index is 11.7. The van der Waals surface area contributed by atoms with Crippen molar-refractivity contribution < 1.29 is 21.6 Å². The van der Waals surface area contributed by atoms with Crippen molar-refractivity contribution in [3.63, 3.8) is 0 Å². The molecule has 1 atom stereocenters. The van der Waals surface area contributed by atoms with Crippen molar-refractivity contribution in [1.29, 1.82) is 0 Å². The molecule has 0 heterocycles. The first-order valence-corrected chi connectivity index (χ1v) is 9.54. The van der Waals surface area contributed by atoms with Crippen LogP contribution in [0.4, 0.5) is 5.69 Å². The summed E-state index contributed by atoms with van der Waals surface area (Å²) in [5, 5.41) is 6.15. The fourth-order valence-electron chi connectivity index (χ4n) is 1.20. The second-order valence-electron chi connectivity index (χ2n) is 4.15. The van der Waals surface area contributed by atoms with E-state index in [-0.39, 0.29) is 15.1 Å². The molecule has 0 fully saturated rings. The van der Waals surface area contributed by atoms with Gasteiger partial charge in [0.2, 0.25) is 15.9 Å². The van der Waals surface area contributed by atoms with Gasteiger partial charge in [-0.3, -0.25) is 4.79 Å². The van der Waals surface area contributed by atoms with Gasteiger partial charge in [0, 0.05) is 10.7 Å². The molecular weight excluding hydrogens is 372 g/mol. The molecule has 0 spiro atoms. The first-order valence-electron chi connectivity index (χ1n) is 5.25. The lowest BCUT2D eigenvalue weighted by Gasteiger charge is -2.12. The SMILES string of the molecule is CC(C(=O)Nc1ccc(S(N)(=O)=O)cc1Br)S(C)(=O)=O. The number of primary sulfonamides is 1. The Labute approximate surface area is 125 Å². The topological polar surface area (TPSA) is 123 Å². The average Bonchev–Trinajstić information content (AvgIpc) is 2.28. The standard InChI is InChI=1S/C10H13BrN2O5S2/c1-6(19(2,15)16)10(14)13-9-4-3-7(5-8(9)11)20(12,17)18/h3-6H,1-2H3,(H,13,14)(H2,12,17,18). The maximum atomic E-state index is 11.7. The first-order chi connectivity index (χ1) is 8.93. The predicted octanol–water partition coefficient (Wildman–Crippen LogP) is 0.468. The third kappa shape index (κ3) is 4.27. The maximum Gasteiger partial charge on any atom is 0.242 e. The highest BCUT2D eigenvalue weighted by Crippen LogP contribution is 2.25. The lowest BCUT2D eigenvalue weighted by molar-refractivity contribution is -0.115. The van der Waals surface area contributed by atoms with Crippen LogP contribution in [0.2, 0.25) is 0 Å². The summed E-state index contributed by atoms with van der Waals surface area (Å²) in [6.45, 7) is 1.26. The highest BCUT2D eigenvalue weighted by Gasteiger charge is 2.24. The van der Waals surface area contributed by atoms with Crippen LogP contribution in [-0.2, 0) is 24.7 Å². The Morgan fingerprint density at radius 2 is 1.85 bits per heavy atom. The summed E-state index contributed by atoms with van der Waals surface area (Å²) < 4.78 is 45.1. The van der Waals surface area contributed by atoms with E-state index in [9.17, 15) is 21.6 Å². The van der Waals surface area contributed by atoms with Crippen LogP contribution in [0.3, 0.4) is 0 Å². The van der Waals surface area contributed by atoms with Crippen LogP contribution in [0.1, 0.15) is 6.92 Å². The summed E-state index contributed by atoms with van der Waals surface area (Å²) in [7, 11) is -7.36. The Balaban J connectivity index is 3.04. The van der Waals surface area contributed by atoms with E-state index in [2.05, 4.69) is 21.2 Å². The molecule has 1 aromatic rings. The summed E-state index contributed by atoms with van der Waals surface area (Å²) in [5.74, 6) is -0.712. The Bertz CT molecular complexity index is 743. The molecule has 1 amide bonds. The number of rotatable bonds is 4. The second kappa shape index (κ2) is 5.80. The molecule has 0 aromatic heterocycles. The predicted molar refractivity (Wildman–Crippen MR) is 78.5 cm³/mol. The lowest BCUT2D eigenvalue weighted by Crippen LogP contribution is -2.31. The summed E-state index contributed by atoms with van der Waals surface area (Å²) in [5.41, 5.74) is 0.248. The van der Waals surface area contributed by atoms with Gasteiger partial charge in [-0.1, -0.05) is 0 Å². The van der Waals surface area contributed by atoms with E-state index < -0.39 is 31.0 Å². The van der Waals surface area contributed by atoms with Crippen molar-refractivity contribution >= 4 is 47.4 Å². The summed E-state index contributed by atoms with van der Waals surface area (Å²) in [6.07, 6.45) is 0.955. The molecule has 0 saturated heterocycles. The number of halogens is 1. The van der Waals surface area contributed by atoms with Crippen molar-refractivity contribution in [2.45, 2.75) is 17.1 Å². The zero-order valence-corrected chi connectivity index (χ0v) is 13.8. The number of sulfonamides is 1. The number of hydrogen-bond donors (Lipinski definition) is 2. The molecule has 0 aliphatic carbocycles. The zero-order valence-electron chi connectivity index (χ0n) is 10.6. The number of carbonyl (C=O) groups excluding carboxylic acids is 1. The Morgan fingerprint density at radius 1 is 1.30 bits per heavy atom. The van der Waals surface area contributed by atoms with Crippen molar-refractivity contribution in [3.05, 3.63) is 22.7 Å². The van der Waals surface area contributed by atoms with Gasteiger partial charge in [-0.15, -0.1) is 0 Å². The number of nitrogens with two attached hydrogens (primary N) is 1. The van der Waals surface area contributed by atoms with Crippen LogP contribution in [-0.4, -0.2) is 34.2 Å². The minimum Gasteiger partial charge on any atom is -0.324 e. The molecular formula is C10H13BrN2O5S2. The van der Waals surface area contributed by atoms with Crippen molar-refractivity contribution in [2.24, 2.45) is 5.14 Å². The Morgan fingerprint density at radius 3 is 2.25 bits per heavy atom. The summed E-state index contributed by atoms with van der Waals surface area (Å²) in [4.78, 5) is 11.6. The van der Waals surface area contributed by atoms with Gasteiger partial charge in [0.15, 0.2) is 9.84 Å². The number of benzene rings is 1. The van der Waals surface area contributed by atoms with Crippen molar-refractivity contribution in [3.8, 4) is 0 Å². The molecule has 0 radical (unpaired) electrons. The van der Waals surface area contributed by atoms with Crippen molar-refractivity contribution in [1.82, 2.24) is 0 Å². The van der Waals surface area contributed by atoms with Crippen LogP contribution in [0, 0.1) is 0 Å². The van der Waals surface area contributed by atoms with Crippen LogP contribution >= 0.6 is 15.9 Å². The molecule has 1 rings (SSSR count). The average molecular weight is 385 g/mol. The molecule has 7 nitrogen and oxygen atoms in total. The molecule has 0 aliphatic heterocycles. The minimum atomic E-state index is -3.85. The summed E-state index contributed by atoms with van der Waals surface area (Å²) >= 11 is 3.08. The summed E-state index contributed by atoms with van der Waals surface area (Å²) in [6, 6.07) is 3.74. The van der Waals surface area contributed by atoms with Gasteiger partial charge in [0.1, 0.15) is 5.25 Å². The van der Waals surface area contributed by atoms with E-state index in [4.69, 9.17) is 5.14 Å². The third-order valence-corrected chi connectivity index (χ3v) is 5.60. The van der Waals surface area contributed by atoms with E-state index in [1.165, 1.54) is 25.1 Å². The molecule has 1 unspecified atom stereocenters. The van der Waals surface area contributed by atoms with E-state index in [1.54, 1.807) is 0 Å². The normalized spacial score (nSPS) is 13.8. The van der Waals surface area contributed by atoms with Gasteiger partial charge in [-0.05, 0) is 41.1 Å². The van der Waals surface area contributed by atoms with Gasteiger partial charge in [0.05, 0.1) is 10.6 Å². The van der Waals surface area contributed by atoms with Gasteiger partial charge >= 0.3 is 0 Å². The van der Waals surface area contributed by atoms with E-state index >= 15 is 0 Å². The first kappa shape index (κ1) is 17.1. The number of nitrogens with one attached hydrogen (secondary N) is 1. The van der Waals surface area contributed by atoms with Crippen molar-refractivity contribution in [2.75, 3.05) is 11.6 Å². The smallest absolute Gasteiger partial charge is 0.242 e. The van der Waals surface area contributed by atoms with Crippen LogP contribution in [0.25, 0.3) is 0 Å². The fraction of sp³-hybridized carbons (Fsp3) is 0.300. The molecule has 112 valence electrons. The third-order valence-electron chi connectivity index (χ3n) is 2.54. The monoisotopic (exact) mass is 384 g/mol. The second-order valence-corrected chi connectivity index (χ2v) is 8.93. The largest absolute Gasteiger partial charge is 0.324 e. The number of hydrogen-bond acceptors (Lipinski definition) is 5. The Kier molecular flexibility index (Phi) is 4.95. The molecule has 20 heavy (non-hydrogen) atoms.